The standard InChI is InChI=1S/C32H38N4O7/c1-32(2,3)43-31(40)34(4)20-30(39)36(21-29(38)35(5)23-13-8-7-9-14-23)24-15-12-16-25(19-24)42-22-28(37)33-26-17-10-11-18-27(26)41-6/h7-19H,20-22H2,1-6H3,(H,33,37). The van der Waals surface area contributed by atoms with Gasteiger partial charge in [-0.2, -0.15) is 0 Å². The van der Waals surface area contributed by atoms with Crippen LogP contribution < -0.4 is 24.6 Å². The Morgan fingerprint density at radius 3 is 2.12 bits per heavy atom. The van der Waals surface area contributed by atoms with Crippen molar-refractivity contribution in [3.8, 4) is 11.5 Å². The highest BCUT2D eigenvalue weighted by Gasteiger charge is 2.27. The van der Waals surface area contributed by atoms with Crippen molar-refractivity contribution in [2.45, 2.75) is 26.4 Å². The van der Waals surface area contributed by atoms with Crippen LogP contribution in [-0.4, -0.2) is 75.2 Å². The predicted molar refractivity (Wildman–Crippen MR) is 165 cm³/mol. The molecule has 0 spiro atoms. The van der Waals surface area contributed by atoms with Crippen molar-refractivity contribution in [1.29, 1.82) is 0 Å². The second kappa shape index (κ2) is 14.7. The average molecular weight is 591 g/mol. The molecule has 0 saturated heterocycles. The number of carbonyl (C=O) groups excluding carboxylic acids is 4. The third-order valence-corrected chi connectivity index (χ3v) is 6.07. The first-order chi connectivity index (χ1) is 20.4. The van der Waals surface area contributed by atoms with E-state index in [1.807, 2.05) is 18.2 Å². The van der Waals surface area contributed by atoms with Crippen molar-refractivity contribution in [2.75, 3.05) is 56.0 Å². The maximum atomic E-state index is 13.5. The first-order valence-corrected chi connectivity index (χ1v) is 13.6. The lowest BCUT2D eigenvalue weighted by Crippen LogP contribution is -2.47. The third kappa shape index (κ3) is 9.77. The molecule has 1 N–H and O–H groups in total. The number of benzene rings is 3. The number of carbonyl (C=O) groups is 4. The van der Waals surface area contributed by atoms with Gasteiger partial charge in [-0.15, -0.1) is 0 Å². The van der Waals surface area contributed by atoms with Crippen molar-refractivity contribution in [2.24, 2.45) is 0 Å². The van der Waals surface area contributed by atoms with E-state index in [0.717, 1.165) is 4.90 Å². The molecule has 228 valence electrons. The highest BCUT2D eigenvalue weighted by Crippen LogP contribution is 2.25. The molecule has 43 heavy (non-hydrogen) atoms. The number of amides is 4. The van der Waals surface area contributed by atoms with E-state index in [2.05, 4.69) is 5.32 Å². The summed E-state index contributed by atoms with van der Waals surface area (Å²) in [7, 11) is 4.57. The Labute approximate surface area is 251 Å². The van der Waals surface area contributed by atoms with Crippen molar-refractivity contribution >= 4 is 40.9 Å². The molecule has 0 unspecified atom stereocenters. The first-order valence-electron chi connectivity index (χ1n) is 13.6. The maximum Gasteiger partial charge on any atom is 0.410 e. The third-order valence-electron chi connectivity index (χ3n) is 6.07. The van der Waals surface area contributed by atoms with E-state index in [-0.39, 0.29) is 25.6 Å². The van der Waals surface area contributed by atoms with Crippen LogP contribution in [0.25, 0.3) is 0 Å². The number of nitrogens with one attached hydrogen (secondary N) is 1. The molecule has 0 fully saturated rings. The van der Waals surface area contributed by atoms with E-state index >= 15 is 0 Å². The van der Waals surface area contributed by atoms with Crippen LogP contribution in [0.1, 0.15) is 20.8 Å². The molecule has 0 heterocycles. The molecular formula is C32H38N4O7. The van der Waals surface area contributed by atoms with Crippen LogP contribution in [0, 0.1) is 0 Å². The zero-order valence-electron chi connectivity index (χ0n) is 25.3. The van der Waals surface area contributed by atoms with Gasteiger partial charge >= 0.3 is 6.09 Å². The Morgan fingerprint density at radius 1 is 0.791 bits per heavy atom. The molecule has 0 aliphatic carbocycles. The summed E-state index contributed by atoms with van der Waals surface area (Å²) in [5, 5.41) is 2.74. The van der Waals surface area contributed by atoms with Crippen molar-refractivity contribution in [3.63, 3.8) is 0 Å². The number of nitrogens with zero attached hydrogens (tertiary/aromatic N) is 3. The van der Waals surface area contributed by atoms with Crippen LogP contribution in [-0.2, 0) is 19.1 Å². The molecule has 0 radical (unpaired) electrons. The second-order valence-electron chi connectivity index (χ2n) is 10.6. The molecule has 0 aromatic heterocycles. The molecule has 0 saturated carbocycles. The van der Waals surface area contributed by atoms with Gasteiger partial charge in [-0.3, -0.25) is 14.4 Å². The molecule has 11 heteroatoms. The van der Waals surface area contributed by atoms with E-state index in [4.69, 9.17) is 14.2 Å². The Bertz CT molecular complexity index is 1420. The number of ether oxygens (including phenoxy) is 3. The van der Waals surface area contributed by atoms with Gasteiger partial charge in [0.15, 0.2) is 6.61 Å². The molecule has 3 aromatic carbocycles. The molecule has 0 atom stereocenters. The Hall–Kier alpha value is -5.06. The molecule has 3 aromatic rings. The summed E-state index contributed by atoms with van der Waals surface area (Å²) in [6, 6.07) is 22.5. The van der Waals surface area contributed by atoms with E-state index in [9.17, 15) is 19.2 Å². The highest BCUT2D eigenvalue weighted by atomic mass is 16.6. The topological polar surface area (TPSA) is 118 Å². The van der Waals surface area contributed by atoms with Gasteiger partial charge in [-0.25, -0.2) is 4.79 Å². The summed E-state index contributed by atoms with van der Waals surface area (Å²) in [4.78, 5) is 55.8. The number of likely N-dealkylation sites (N-methyl/N-ethyl adjacent to an activating group) is 2. The zero-order chi connectivity index (χ0) is 31.6. The molecule has 0 bridgehead atoms. The van der Waals surface area contributed by atoms with Crippen molar-refractivity contribution in [3.05, 3.63) is 78.9 Å². The van der Waals surface area contributed by atoms with Gasteiger partial charge in [-0.1, -0.05) is 36.4 Å². The summed E-state index contributed by atoms with van der Waals surface area (Å²) >= 11 is 0. The van der Waals surface area contributed by atoms with Crippen molar-refractivity contribution in [1.82, 2.24) is 4.90 Å². The summed E-state index contributed by atoms with van der Waals surface area (Å²) in [5.41, 5.74) is 0.759. The van der Waals surface area contributed by atoms with Gasteiger partial charge in [-0.05, 0) is 57.2 Å². The van der Waals surface area contributed by atoms with Gasteiger partial charge in [0.25, 0.3) is 5.91 Å². The largest absolute Gasteiger partial charge is 0.495 e. The van der Waals surface area contributed by atoms with Gasteiger partial charge in [0.1, 0.15) is 30.2 Å². The van der Waals surface area contributed by atoms with E-state index < -0.39 is 23.5 Å². The lowest BCUT2D eigenvalue weighted by molar-refractivity contribution is -0.123. The number of anilines is 3. The van der Waals surface area contributed by atoms with E-state index in [1.165, 1.54) is 24.0 Å². The smallest absolute Gasteiger partial charge is 0.410 e. The van der Waals surface area contributed by atoms with Crippen LogP contribution in [0.2, 0.25) is 0 Å². The Kier molecular flexibility index (Phi) is 11.1. The fraction of sp³-hybridized carbons (Fsp3) is 0.312. The maximum absolute atomic E-state index is 13.5. The lowest BCUT2D eigenvalue weighted by Gasteiger charge is -2.29. The summed E-state index contributed by atoms with van der Waals surface area (Å²) in [6.07, 6.45) is -0.674. The number of rotatable bonds is 11. The molecular weight excluding hydrogens is 552 g/mol. The molecule has 3 rings (SSSR count). The minimum absolute atomic E-state index is 0.301. The molecule has 4 amide bonds. The fourth-order valence-electron chi connectivity index (χ4n) is 3.88. The Balaban J connectivity index is 1.78. The molecule has 0 aliphatic rings. The average Bonchev–Trinajstić information content (AvgIpc) is 2.98. The van der Waals surface area contributed by atoms with Gasteiger partial charge in [0.2, 0.25) is 11.8 Å². The minimum atomic E-state index is -0.744. The van der Waals surface area contributed by atoms with Crippen LogP contribution in [0.15, 0.2) is 78.9 Å². The summed E-state index contributed by atoms with van der Waals surface area (Å²) in [6.45, 7) is 4.22. The first kappa shape index (κ1) is 32.5. The monoisotopic (exact) mass is 590 g/mol. The number of para-hydroxylation sites is 3. The number of methoxy groups -OCH3 is 1. The normalized spacial score (nSPS) is 10.7. The fourth-order valence-corrected chi connectivity index (χ4v) is 3.88. The van der Waals surface area contributed by atoms with Gasteiger partial charge in [0.05, 0.1) is 12.8 Å². The van der Waals surface area contributed by atoms with Crippen LogP contribution in [0.5, 0.6) is 11.5 Å². The zero-order valence-corrected chi connectivity index (χ0v) is 25.3. The lowest BCUT2D eigenvalue weighted by atomic mass is 10.2. The van der Waals surface area contributed by atoms with Crippen LogP contribution >= 0.6 is 0 Å². The molecule has 11 nitrogen and oxygen atoms in total. The van der Waals surface area contributed by atoms with Crippen LogP contribution in [0.4, 0.5) is 21.9 Å². The number of hydrogen-bond donors (Lipinski definition) is 1. The SMILES string of the molecule is COc1ccccc1NC(=O)COc1cccc(N(CC(=O)N(C)c2ccccc2)C(=O)CN(C)C(=O)OC(C)(C)C)c1. The number of hydrogen-bond acceptors (Lipinski definition) is 7. The second-order valence-corrected chi connectivity index (χ2v) is 10.6. The van der Waals surface area contributed by atoms with Crippen LogP contribution in [0.3, 0.4) is 0 Å². The minimum Gasteiger partial charge on any atom is -0.495 e. The predicted octanol–water partition coefficient (Wildman–Crippen LogP) is 4.58. The van der Waals surface area contributed by atoms with E-state index in [0.29, 0.717) is 28.6 Å². The van der Waals surface area contributed by atoms with Gasteiger partial charge < -0.3 is 34.2 Å². The summed E-state index contributed by atoms with van der Waals surface area (Å²) in [5.74, 6) is -0.485. The Morgan fingerprint density at radius 2 is 1.44 bits per heavy atom. The van der Waals surface area contributed by atoms with Gasteiger partial charge in [0, 0.05) is 31.5 Å². The quantitative estimate of drug-likeness (QED) is 0.348. The summed E-state index contributed by atoms with van der Waals surface area (Å²) < 4.78 is 16.3. The van der Waals surface area contributed by atoms with E-state index in [1.54, 1.807) is 88.5 Å². The highest BCUT2D eigenvalue weighted by molar-refractivity contribution is 6.04. The molecule has 0 aliphatic heterocycles. The van der Waals surface area contributed by atoms with Crippen molar-refractivity contribution < 1.29 is 33.4 Å².